The van der Waals surface area contributed by atoms with Crippen LogP contribution in [0.5, 0.6) is 0 Å². The first-order valence-electron chi connectivity index (χ1n) is 19.3. The first-order valence-corrected chi connectivity index (χ1v) is 20.1. The summed E-state index contributed by atoms with van der Waals surface area (Å²) in [6.45, 7) is 10.6. The Balaban J connectivity index is 0.000000240. The largest absolute Gasteiger partial charge is 1.00 e. The minimum absolute atomic E-state index is 0. The SMILES string of the molecule is O=C1CCC(Nc2ccc(C3CC[CH-]CC3)c(F)c2)C(=O)N1.[CH2-]CC1(C[CH2-])CC(n2cnc3ccc(C(=O)c4c(F)ccc(NSN(C)CC)c4F)cc3c2=O)C1.[Na+]. The van der Waals surface area contributed by atoms with Crippen LogP contribution in [0.2, 0.25) is 0 Å². The van der Waals surface area contributed by atoms with E-state index < -0.39 is 29.0 Å². The summed E-state index contributed by atoms with van der Waals surface area (Å²) >= 11 is 1.13. The zero-order valence-corrected chi connectivity index (χ0v) is 36.0. The van der Waals surface area contributed by atoms with Gasteiger partial charge in [-0.2, -0.15) is 25.7 Å². The van der Waals surface area contributed by atoms with E-state index in [1.165, 1.54) is 36.7 Å². The molecule has 15 heteroatoms. The number of nitrogens with zero attached hydrogens (tertiary/aromatic N) is 3. The van der Waals surface area contributed by atoms with Crippen molar-refractivity contribution in [3.05, 3.63) is 120 Å². The van der Waals surface area contributed by atoms with E-state index in [0.717, 1.165) is 75.1 Å². The maximum Gasteiger partial charge on any atom is 1.00 e. The summed E-state index contributed by atoms with van der Waals surface area (Å²) in [5.74, 6) is -3.32. The quantitative estimate of drug-likeness (QED) is 0.0558. The fourth-order valence-electron chi connectivity index (χ4n) is 7.60. The molecule has 4 aromatic rings. The molecule has 0 spiro atoms. The van der Waals surface area contributed by atoms with Crippen LogP contribution in [0.25, 0.3) is 10.9 Å². The van der Waals surface area contributed by atoms with Crippen molar-refractivity contribution in [2.45, 2.75) is 89.1 Å². The summed E-state index contributed by atoms with van der Waals surface area (Å²) < 4.78 is 50.3. The monoisotopic (exact) mass is 824 g/mol. The second kappa shape index (κ2) is 20.0. The number of benzene rings is 3. The average Bonchev–Trinajstić information content (AvgIpc) is 3.19. The molecule has 3 N–H and O–H groups in total. The molecular formula is C43H48F3N6NaO4S-2. The summed E-state index contributed by atoms with van der Waals surface area (Å²) in [4.78, 5) is 53.6. The summed E-state index contributed by atoms with van der Waals surface area (Å²) in [7, 11) is 1.81. The van der Waals surface area contributed by atoms with E-state index in [2.05, 4.69) is 40.6 Å². The van der Waals surface area contributed by atoms with Gasteiger partial charge in [0.2, 0.25) is 11.8 Å². The first-order chi connectivity index (χ1) is 27.4. The molecule has 0 bridgehead atoms. The van der Waals surface area contributed by atoms with Crippen molar-refractivity contribution in [1.29, 1.82) is 0 Å². The van der Waals surface area contributed by atoms with Crippen molar-refractivity contribution in [3.63, 3.8) is 0 Å². The van der Waals surface area contributed by atoms with Crippen LogP contribution in [0, 0.1) is 43.1 Å². The Morgan fingerprint density at radius 1 is 1.02 bits per heavy atom. The number of imide groups is 1. The second-order valence-corrected chi connectivity index (χ2v) is 16.0. The van der Waals surface area contributed by atoms with Gasteiger partial charge in [-0.1, -0.05) is 31.2 Å². The topological polar surface area (TPSA) is 125 Å². The number of piperidine rings is 1. The molecule has 3 aliphatic rings. The molecule has 1 atom stereocenters. The van der Waals surface area contributed by atoms with Crippen LogP contribution >= 0.6 is 12.1 Å². The number of hydrogen-bond donors (Lipinski definition) is 3. The number of fused-ring (bicyclic) bond motifs is 1. The Bertz CT molecular complexity index is 2190. The number of amides is 2. The minimum atomic E-state index is -0.983. The fourth-order valence-corrected chi connectivity index (χ4v) is 8.14. The third kappa shape index (κ3) is 10.2. The normalized spacial score (nSPS) is 18.1. The van der Waals surface area contributed by atoms with E-state index in [4.69, 9.17) is 0 Å². The van der Waals surface area contributed by atoms with Gasteiger partial charge in [-0.05, 0) is 80.3 Å². The molecule has 58 heavy (non-hydrogen) atoms. The number of carbonyl (C=O) groups excluding carboxylic acids is 3. The van der Waals surface area contributed by atoms with Crippen LogP contribution in [-0.4, -0.2) is 51.1 Å². The molecule has 1 aliphatic heterocycles. The number of hydrogen-bond acceptors (Lipinski definition) is 9. The summed E-state index contributed by atoms with van der Waals surface area (Å²) in [6, 6.07) is 11.2. The van der Waals surface area contributed by atoms with Crippen molar-refractivity contribution in [2.24, 2.45) is 5.41 Å². The Hall–Kier alpha value is -3.69. The molecule has 2 heterocycles. The van der Waals surface area contributed by atoms with Crippen molar-refractivity contribution in [2.75, 3.05) is 23.6 Å². The molecular weight excluding hydrogens is 777 g/mol. The molecule has 10 nitrogen and oxygen atoms in total. The molecule has 304 valence electrons. The van der Waals surface area contributed by atoms with Crippen LogP contribution < -0.4 is 50.5 Å². The first kappa shape index (κ1) is 45.4. The number of anilines is 2. The van der Waals surface area contributed by atoms with Gasteiger partial charge in [0.15, 0.2) is 11.6 Å². The summed E-state index contributed by atoms with van der Waals surface area (Å²) in [5.41, 5.74) is 0.850. The van der Waals surface area contributed by atoms with E-state index in [1.54, 1.807) is 4.57 Å². The number of ketones is 1. The molecule has 3 aromatic carbocycles. The molecule has 0 radical (unpaired) electrons. The number of nitrogens with one attached hydrogen (secondary N) is 3. The molecule has 2 amide bonds. The molecule has 1 aromatic heterocycles. The molecule has 1 unspecified atom stereocenters. The number of carbonyl (C=O) groups is 3. The molecule has 3 fully saturated rings. The van der Waals surface area contributed by atoms with Crippen molar-refractivity contribution >= 4 is 52.0 Å². The van der Waals surface area contributed by atoms with Gasteiger partial charge in [-0.3, -0.25) is 29.1 Å². The van der Waals surface area contributed by atoms with E-state index in [-0.39, 0.29) is 86.8 Å². The third-order valence-corrected chi connectivity index (χ3v) is 12.3. The molecule has 2 saturated carbocycles. The predicted molar refractivity (Wildman–Crippen MR) is 218 cm³/mol. The van der Waals surface area contributed by atoms with Gasteiger partial charge >= 0.3 is 29.6 Å². The third-order valence-electron chi connectivity index (χ3n) is 11.4. The zero-order chi connectivity index (χ0) is 40.9. The summed E-state index contributed by atoms with van der Waals surface area (Å²) in [6.07, 6.45) is 11.7. The van der Waals surface area contributed by atoms with E-state index in [0.29, 0.717) is 30.6 Å². The van der Waals surface area contributed by atoms with Crippen molar-refractivity contribution in [1.82, 2.24) is 19.2 Å². The Morgan fingerprint density at radius 2 is 1.74 bits per heavy atom. The average molecular weight is 825 g/mol. The summed E-state index contributed by atoms with van der Waals surface area (Å²) in [5, 5.41) is 5.53. The minimum Gasteiger partial charge on any atom is -0.374 e. The molecule has 1 saturated heterocycles. The van der Waals surface area contributed by atoms with Crippen LogP contribution in [0.1, 0.15) is 105 Å². The van der Waals surface area contributed by atoms with Crippen molar-refractivity contribution < 1.29 is 57.1 Å². The number of aromatic nitrogens is 2. The van der Waals surface area contributed by atoms with E-state index in [9.17, 15) is 28.0 Å². The van der Waals surface area contributed by atoms with Gasteiger partial charge in [0.25, 0.3) is 5.56 Å². The fraction of sp³-hybridized carbons (Fsp3) is 0.395. The Labute approximate surface area is 364 Å². The van der Waals surface area contributed by atoms with Gasteiger partial charge in [0.05, 0.1) is 28.5 Å². The standard InChI is InChI=1S/C26H28F2N4O2S.C17H20FN2O2.Na/c1-5-26(6-2)13-17(14-26)32-15-29-20-10-8-16(12-18(20)25(32)34)24(33)22-19(27)9-11-21(23(22)28)30-35-31(4)7-3;18-14-10-12(19-15-8-9-16(21)20-17(15)22)6-7-13(14)11-4-2-1-3-5-11;/h8-12,15,17,30H,1-2,5-7,13-14H2,3-4H3;1,6-7,10-11,15,19H,2-5,8-9H2,(H,20,21,22);/q-2;-1;+1. The van der Waals surface area contributed by atoms with E-state index >= 15 is 4.39 Å². The predicted octanol–water partition coefficient (Wildman–Crippen LogP) is 5.51. The van der Waals surface area contributed by atoms with Crippen molar-refractivity contribution in [3.8, 4) is 0 Å². The molecule has 2 aliphatic carbocycles. The Kier molecular flexibility index (Phi) is 15.7. The van der Waals surface area contributed by atoms with Gasteiger partial charge in [-0.25, -0.2) is 22.5 Å². The zero-order valence-electron chi connectivity index (χ0n) is 33.2. The second-order valence-electron chi connectivity index (χ2n) is 15.0. The van der Waals surface area contributed by atoms with Crippen LogP contribution in [0.3, 0.4) is 0 Å². The van der Waals surface area contributed by atoms with Gasteiger partial charge in [-0.15, -0.1) is 0 Å². The van der Waals surface area contributed by atoms with Crippen LogP contribution in [0.4, 0.5) is 24.5 Å². The smallest absolute Gasteiger partial charge is 0.374 e. The maximum atomic E-state index is 15.1. The van der Waals surface area contributed by atoms with Crippen LogP contribution in [-0.2, 0) is 9.59 Å². The van der Waals surface area contributed by atoms with Gasteiger partial charge < -0.3 is 30.3 Å². The Morgan fingerprint density at radius 3 is 2.40 bits per heavy atom. The van der Waals surface area contributed by atoms with Gasteiger partial charge in [0, 0.05) is 42.4 Å². The van der Waals surface area contributed by atoms with Crippen LogP contribution in [0.15, 0.2) is 59.7 Å². The van der Waals surface area contributed by atoms with Gasteiger partial charge in [0.1, 0.15) is 17.7 Å². The number of rotatable bonds is 12. The maximum absolute atomic E-state index is 15.1. The molecule has 7 rings (SSSR count). The number of halogens is 3. The van der Waals surface area contributed by atoms with E-state index in [1.807, 2.05) is 30.4 Å².